The van der Waals surface area contributed by atoms with E-state index in [1.54, 1.807) is 0 Å². The fourth-order valence-electron chi connectivity index (χ4n) is 1.83. The van der Waals surface area contributed by atoms with Gasteiger partial charge in [0.1, 0.15) is 0 Å². The van der Waals surface area contributed by atoms with Gasteiger partial charge in [-0.1, -0.05) is 36.4 Å². The van der Waals surface area contributed by atoms with Crippen molar-refractivity contribution >= 4 is 51.4 Å². The Bertz CT molecular complexity index is 779. The van der Waals surface area contributed by atoms with Crippen molar-refractivity contribution in [2.75, 3.05) is 16.4 Å². The van der Waals surface area contributed by atoms with Crippen LogP contribution in [0.25, 0.3) is 0 Å². The molecule has 1 aromatic carbocycles. The monoisotopic (exact) mass is 395 g/mol. The topological polar surface area (TPSA) is 127 Å². The fraction of sp³-hybridized carbons (Fsp3) is 0.333. The average Bonchev–Trinajstić information content (AvgIpc) is 3.06. The maximum atomic E-state index is 11.9. The number of aromatic nitrogens is 2. The van der Waals surface area contributed by atoms with E-state index in [1.807, 2.05) is 6.92 Å². The molecule has 0 unspecified atom stereocenters. The lowest BCUT2D eigenvalue weighted by atomic mass is 10.2. The summed E-state index contributed by atoms with van der Waals surface area (Å²) < 4.78 is 0.564. The number of nitrogens with zero attached hydrogens (tertiary/aromatic N) is 3. The van der Waals surface area contributed by atoms with Gasteiger partial charge in [0.15, 0.2) is 4.34 Å². The third-order valence-electron chi connectivity index (χ3n) is 3.10. The summed E-state index contributed by atoms with van der Waals surface area (Å²) in [5.41, 5.74) is 0.432. The highest BCUT2D eigenvalue weighted by molar-refractivity contribution is 8.01. The maximum Gasteiger partial charge on any atom is 0.269 e. The first kappa shape index (κ1) is 19.8. The molecule has 2 amide bonds. The maximum absolute atomic E-state index is 11.9. The van der Waals surface area contributed by atoms with E-state index in [0.29, 0.717) is 21.6 Å². The van der Waals surface area contributed by atoms with Crippen molar-refractivity contribution in [1.82, 2.24) is 10.2 Å². The molecule has 0 aliphatic heterocycles. The van der Waals surface area contributed by atoms with Gasteiger partial charge in [-0.05, 0) is 18.6 Å². The highest BCUT2D eigenvalue weighted by atomic mass is 32.2. The van der Waals surface area contributed by atoms with Gasteiger partial charge in [-0.2, -0.15) is 0 Å². The number of rotatable bonds is 9. The lowest BCUT2D eigenvalue weighted by Gasteiger charge is -2.03. The van der Waals surface area contributed by atoms with Crippen LogP contribution in [0, 0.1) is 10.1 Å². The van der Waals surface area contributed by atoms with Crippen LogP contribution in [-0.4, -0.2) is 32.7 Å². The van der Waals surface area contributed by atoms with Crippen molar-refractivity contribution in [2.45, 2.75) is 30.5 Å². The number of non-ortho nitro benzene ring substituents is 1. The second kappa shape index (κ2) is 9.82. The predicted molar refractivity (Wildman–Crippen MR) is 101 cm³/mol. The molecule has 0 fully saturated rings. The molecule has 26 heavy (non-hydrogen) atoms. The number of carbonyl (C=O) groups excluding carboxylic acids is 2. The van der Waals surface area contributed by atoms with Crippen LogP contribution >= 0.6 is 23.1 Å². The fourth-order valence-corrected chi connectivity index (χ4v) is 3.40. The zero-order chi connectivity index (χ0) is 18.9. The lowest BCUT2D eigenvalue weighted by molar-refractivity contribution is -0.384. The number of amides is 2. The van der Waals surface area contributed by atoms with E-state index in [4.69, 9.17) is 0 Å². The summed E-state index contributed by atoms with van der Waals surface area (Å²) >= 11 is 2.40. The van der Waals surface area contributed by atoms with E-state index in [9.17, 15) is 19.7 Å². The Balaban J connectivity index is 1.78. The van der Waals surface area contributed by atoms with Crippen molar-refractivity contribution < 1.29 is 14.5 Å². The van der Waals surface area contributed by atoms with Gasteiger partial charge < -0.3 is 10.6 Å². The van der Waals surface area contributed by atoms with Gasteiger partial charge in [0.25, 0.3) is 5.69 Å². The largest absolute Gasteiger partial charge is 0.325 e. The second-order valence-electron chi connectivity index (χ2n) is 5.17. The van der Waals surface area contributed by atoms with Crippen LogP contribution in [0.4, 0.5) is 16.5 Å². The van der Waals surface area contributed by atoms with Crippen LogP contribution in [0.3, 0.4) is 0 Å². The molecule has 138 valence electrons. The molecule has 0 aliphatic carbocycles. The number of benzene rings is 1. The van der Waals surface area contributed by atoms with E-state index >= 15 is 0 Å². The minimum absolute atomic E-state index is 0.0419. The zero-order valence-electron chi connectivity index (χ0n) is 13.9. The molecule has 0 aliphatic rings. The highest BCUT2D eigenvalue weighted by Gasteiger charge is 2.11. The van der Waals surface area contributed by atoms with Gasteiger partial charge in [0, 0.05) is 24.2 Å². The first-order valence-electron chi connectivity index (χ1n) is 7.78. The molecular formula is C15H17N5O4S2. The number of nitrogens with one attached hydrogen (secondary N) is 2. The summed E-state index contributed by atoms with van der Waals surface area (Å²) in [7, 11) is 0. The van der Waals surface area contributed by atoms with Gasteiger partial charge in [-0.3, -0.25) is 19.7 Å². The van der Waals surface area contributed by atoms with Crippen LogP contribution in [0.15, 0.2) is 28.6 Å². The molecule has 9 nitrogen and oxygen atoms in total. The average molecular weight is 395 g/mol. The number of nitro benzene ring substituents is 1. The zero-order valence-corrected chi connectivity index (χ0v) is 15.6. The van der Waals surface area contributed by atoms with Gasteiger partial charge in [0.2, 0.25) is 16.9 Å². The van der Waals surface area contributed by atoms with Crippen molar-refractivity contribution in [3.05, 3.63) is 34.4 Å². The number of thioether (sulfide) groups is 1. The van der Waals surface area contributed by atoms with E-state index < -0.39 is 4.92 Å². The minimum Gasteiger partial charge on any atom is -0.325 e. The summed E-state index contributed by atoms with van der Waals surface area (Å²) in [4.78, 5) is 33.6. The van der Waals surface area contributed by atoms with Crippen LogP contribution in [0.1, 0.15) is 26.2 Å². The van der Waals surface area contributed by atoms with Crippen molar-refractivity contribution in [3.63, 3.8) is 0 Å². The molecule has 0 bridgehead atoms. The van der Waals surface area contributed by atoms with Gasteiger partial charge in [-0.15, -0.1) is 10.2 Å². The van der Waals surface area contributed by atoms with E-state index in [1.165, 1.54) is 47.4 Å². The van der Waals surface area contributed by atoms with Crippen LogP contribution in [0.5, 0.6) is 0 Å². The molecule has 2 N–H and O–H groups in total. The van der Waals surface area contributed by atoms with Crippen LogP contribution in [0.2, 0.25) is 0 Å². The standard InChI is InChI=1S/C15H17N5O4S2/c1-2-3-4-12(21)17-14-18-19-15(26-14)25-9-13(22)16-10-5-7-11(8-6-10)20(23)24/h5-8H,2-4,9H2,1H3,(H,16,22)(H,17,18,21). The number of anilines is 2. The third kappa shape index (κ3) is 6.41. The molecule has 11 heteroatoms. The SMILES string of the molecule is CCCCC(=O)Nc1nnc(SCC(=O)Nc2ccc([N+](=O)[O-])cc2)s1. The summed E-state index contributed by atoms with van der Waals surface area (Å²) in [6, 6.07) is 5.58. The van der Waals surface area contributed by atoms with E-state index in [2.05, 4.69) is 20.8 Å². The molecule has 1 aromatic heterocycles. The van der Waals surface area contributed by atoms with Crippen molar-refractivity contribution in [2.24, 2.45) is 0 Å². The predicted octanol–water partition coefficient (Wildman–Crippen LogP) is 3.31. The summed E-state index contributed by atoms with van der Waals surface area (Å²) in [6.07, 6.45) is 2.19. The number of hydrogen-bond donors (Lipinski definition) is 2. The van der Waals surface area contributed by atoms with Gasteiger partial charge >= 0.3 is 0 Å². The molecule has 1 heterocycles. The smallest absolute Gasteiger partial charge is 0.269 e. The molecule has 0 saturated heterocycles. The molecule has 0 atom stereocenters. The summed E-state index contributed by atoms with van der Waals surface area (Å²) in [5.74, 6) is -0.266. The minimum atomic E-state index is -0.504. The Kier molecular flexibility index (Phi) is 7.48. The number of carbonyl (C=O) groups is 2. The normalized spacial score (nSPS) is 10.3. The Morgan fingerprint density at radius 3 is 2.58 bits per heavy atom. The summed E-state index contributed by atoms with van der Waals surface area (Å²) in [5, 5.41) is 24.1. The lowest BCUT2D eigenvalue weighted by Crippen LogP contribution is -2.13. The van der Waals surface area contributed by atoms with E-state index in [0.717, 1.165) is 12.8 Å². The molecule has 0 saturated carbocycles. The summed E-state index contributed by atoms with van der Waals surface area (Å²) in [6.45, 7) is 2.01. The number of hydrogen-bond acceptors (Lipinski definition) is 8. The van der Waals surface area contributed by atoms with Gasteiger partial charge in [-0.25, -0.2) is 0 Å². The van der Waals surface area contributed by atoms with Gasteiger partial charge in [0.05, 0.1) is 10.7 Å². The van der Waals surface area contributed by atoms with Crippen molar-refractivity contribution in [1.29, 1.82) is 0 Å². The second-order valence-corrected chi connectivity index (χ2v) is 7.37. The molecule has 2 rings (SSSR count). The Morgan fingerprint density at radius 2 is 1.92 bits per heavy atom. The molecule has 0 radical (unpaired) electrons. The molecule has 2 aromatic rings. The van der Waals surface area contributed by atoms with Crippen molar-refractivity contribution in [3.8, 4) is 0 Å². The van der Waals surface area contributed by atoms with Crippen LogP contribution in [-0.2, 0) is 9.59 Å². The van der Waals surface area contributed by atoms with E-state index in [-0.39, 0.29) is 23.3 Å². The number of nitro groups is 1. The quantitative estimate of drug-likeness (QED) is 0.288. The highest BCUT2D eigenvalue weighted by Crippen LogP contribution is 2.26. The Hall–Kier alpha value is -2.53. The Morgan fingerprint density at radius 1 is 1.19 bits per heavy atom. The third-order valence-corrected chi connectivity index (χ3v) is 5.07. The molecular weight excluding hydrogens is 378 g/mol. The number of unbranched alkanes of at least 4 members (excludes halogenated alkanes) is 1. The Labute approximate surface area is 157 Å². The molecule has 0 spiro atoms. The first-order chi connectivity index (χ1) is 12.5. The van der Waals surface area contributed by atoms with Crippen LogP contribution < -0.4 is 10.6 Å². The first-order valence-corrected chi connectivity index (χ1v) is 9.58.